The summed E-state index contributed by atoms with van der Waals surface area (Å²) in [5.74, 6) is -1.44. The number of nitrogens with zero attached hydrogens (tertiary/aromatic N) is 2. The van der Waals surface area contributed by atoms with Crippen LogP contribution in [0.2, 0.25) is 0 Å². The van der Waals surface area contributed by atoms with Crippen LogP contribution in [0.15, 0.2) is 4.99 Å². The Morgan fingerprint density at radius 3 is 2.46 bits per heavy atom. The monoisotopic (exact) mass is 368 g/mol. The van der Waals surface area contributed by atoms with Crippen LogP contribution in [-0.2, 0) is 4.79 Å². The van der Waals surface area contributed by atoms with Crippen molar-refractivity contribution in [3.05, 3.63) is 10.1 Å². The molecule has 0 radical (unpaired) electrons. The molecule has 0 aliphatic carbocycles. The van der Waals surface area contributed by atoms with Crippen LogP contribution in [0, 0.1) is 16.0 Å². The number of hydrogen-bond acceptors (Lipinski definition) is 7. The molecule has 24 heavy (non-hydrogen) atoms. The van der Waals surface area contributed by atoms with Gasteiger partial charge in [0.25, 0.3) is 5.96 Å². The molecule has 0 aliphatic heterocycles. The van der Waals surface area contributed by atoms with Gasteiger partial charge in [-0.2, -0.15) is 0 Å². The number of guanidine groups is 1. The molecule has 0 spiro atoms. The van der Waals surface area contributed by atoms with E-state index < -0.39 is 30.0 Å². The molecule has 0 bridgehead atoms. The predicted molar refractivity (Wildman–Crippen MR) is 92.7 cm³/mol. The Hall–Kier alpha value is -1.63. The normalized spacial score (nSPS) is 13.7. The van der Waals surface area contributed by atoms with Gasteiger partial charge in [-0.1, -0.05) is 19.3 Å². The number of nitrogens with two attached hydrogens (primary N) is 2. The van der Waals surface area contributed by atoms with Crippen molar-refractivity contribution < 1.29 is 19.9 Å². The average molecular weight is 369 g/mol. The molecular formula is C11H26BClN6O5. The lowest BCUT2D eigenvalue weighted by Gasteiger charge is -2.21. The molecule has 0 aromatic carbocycles. The minimum absolute atomic E-state index is 0. The van der Waals surface area contributed by atoms with Gasteiger partial charge in [0.05, 0.1) is 12.0 Å². The lowest BCUT2D eigenvalue weighted by atomic mass is 9.75. The van der Waals surface area contributed by atoms with E-state index >= 15 is 0 Å². The Bertz CT molecular complexity index is 426. The van der Waals surface area contributed by atoms with Crippen molar-refractivity contribution in [1.82, 2.24) is 10.7 Å². The Balaban J connectivity index is 0. The van der Waals surface area contributed by atoms with E-state index in [1.807, 2.05) is 13.8 Å². The number of aliphatic imine (C=N–C) groups is 1. The number of halogens is 1. The van der Waals surface area contributed by atoms with Crippen LogP contribution < -0.4 is 22.2 Å². The van der Waals surface area contributed by atoms with Crippen LogP contribution in [0.25, 0.3) is 0 Å². The van der Waals surface area contributed by atoms with E-state index in [-0.39, 0.29) is 37.3 Å². The summed E-state index contributed by atoms with van der Waals surface area (Å²) in [6, 6.07) is -0.844. The van der Waals surface area contributed by atoms with Crippen LogP contribution >= 0.6 is 12.4 Å². The van der Waals surface area contributed by atoms with E-state index in [9.17, 15) is 25.0 Å². The van der Waals surface area contributed by atoms with Crippen molar-refractivity contribution in [2.24, 2.45) is 22.4 Å². The van der Waals surface area contributed by atoms with Crippen LogP contribution in [0.4, 0.5) is 0 Å². The molecule has 1 amide bonds. The second kappa shape index (κ2) is 12.8. The van der Waals surface area contributed by atoms with Gasteiger partial charge in [-0.15, -0.1) is 12.4 Å². The molecule has 0 aliphatic rings. The van der Waals surface area contributed by atoms with Crippen LogP contribution in [0.5, 0.6) is 0 Å². The van der Waals surface area contributed by atoms with E-state index in [4.69, 9.17) is 11.5 Å². The third-order valence-electron chi connectivity index (χ3n) is 2.91. The largest absolute Gasteiger partial charge is 0.475 e. The van der Waals surface area contributed by atoms with Crippen LogP contribution in [0.1, 0.15) is 33.1 Å². The highest BCUT2D eigenvalue weighted by Crippen LogP contribution is 2.06. The van der Waals surface area contributed by atoms with Crippen molar-refractivity contribution >= 4 is 31.4 Å². The fourth-order valence-corrected chi connectivity index (χ4v) is 1.82. The highest BCUT2D eigenvalue weighted by molar-refractivity contribution is 6.43. The Labute approximate surface area is 146 Å². The molecule has 13 heteroatoms. The van der Waals surface area contributed by atoms with E-state index in [0.29, 0.717) is 12.8 Å². The molecular weight excluding hydrogens is 342 g/mol. The smallest absolute Gasteiger partial charge is 0.426 e. The summed E-state index contributed by atoms with van der Waals surface area (Å²) in [5, 5.41) is 30.3. The number of hydrogen-bond donors (Lipinski definition) is 6. The second-order valence-corrected chi connectivity index (χ2v) is 5.54. The molecule has 0 heterocycles. The molecule has 2 atom stereocenters. The first-order chi connectivity index (χ1) is 10.6. The standard InChI is InChI=1S/C11H25BN6O5.ClH/c1-7(2)6-9(12(20)21)16-10(19)8(13)4-3-5-15-11(14)17-18(22)23;/h7-9,20-21H,3-6,13H2,1-2H3,(H,16,19)(H3,14,15,17);1H/t8-,9-;/m0./s1. The van der Waals surface area contributed by atoms with Gasteiger partial charge in [0.1, 0.15) is 0 Å². The predicted octanol–water partition coefficient (Wildman–Crippen LogP) is -1.85. The van der Waals surface area contributed by atoms with Gasteiger partial charge in [-0.3, -0.25) is 4.79 Å². The van der Waals surface area contributed by atoms with Crippen molar-refractivity contribution in [2.45, 2.75) is 45.1 Å². The quantitative estimate of drug-likeness (QED) is 0.0646. The zero-order valence-corrected chi connectivity index (χ0v) is 14.5. The zero-order valence-electron chi connectivity index (χ0n) is 13.7. The molecule has 140 valence electrons. The highest BCUT2D eigenvalue weighted by Gasteiger charge is 2.27. The second-order valence-electron chi connectivity index (χ2n) is 5.54. The lowest BCUT2D eigenvalue weighted by molar-refractivity contribution is -0.525. The highest BCUT2D eigenvalue weighted by atomic mass is 35.5. The molecule has 11 nitrogen and oxygen atoms in total. The Kier molecular flexibility index (Phi) is 13.1. The molecule has 0 aromatic rings. The van der Waals surface area contributed by atoms with E-state index in [1.165, 1.54) is 0 Å². The van der Waals surface area contributed by atoms with Crippen molar-refractivity contribution in [2.75, 3.05) is 6.54 Å². The topological polar surface area (TPSA) is 189 Å². The third-order valence-corrected chi connectivity index (χ3v) is 2.91. The molecule has 0 saturated heterocycles. The summed E-state index contributed by atoms with van der Waals surface area (Å²) in [6.45, 7) is 3.96. The van der Waals surface area contributed by atoms with E-state index in [1.54, 1.807) is 5.43 Å². The first-order valence-electron chi connectivity index (χ1n) is 7.26. The number of carbonyl (C=O) groups excluding carboxylic acids is 1. The summed E-state index contributed by atoms with van der Waals surface area (Å²) in [6.07, 6.45) is 1.08. The van der Waals surface area contributed by atoms with Gasteiger partial charge in [-0.05, 0) is 25.2 Å². The number of carbonyl (C=O) groups is 1. The van der Waals surface area contributed by atoms with E-state index in [2.05, 4.69) is 10.3 Å². The maximum atomic E-state index is 11.9. The van der Waals surface area contributed by atoms with Gasteiger partial charge < -0.3 is 26.8 Å². The Morgan fingerprint density at radius 2 is 2.00 bits per heavy atom. The number of amides is 1. The first kappa shape index (κ1) is 24.6. The van der Waals surface area contributed by atoms with Crippen molar-refractivity contribution in [3.8, 4) is 0 Å². The van der Waals surface area contributed by atoms with Crippen LogP contribution in [-0.4, -0.2) is 52.6 Å². The van der Waals surface area contributed by atoms with Gasteiger partial charge in [0.15, 0.2) is 5.03 Å². The number of hydrazine groups is 1. The van der Waals surface area contributed by atoms with Crippen LogP contribution in [0.3, 0.4) is 0 Å². The molecule has 0 unspecified atom stereocenters. The Morgan fingerprint density at radius 1 is 1.42 bits per heavy atom. The minimum atomic E-state index is -1.66. The van der Waals surface area contributed by atoms with Gasteiger partial charge in [0.2, 0.25) is 5.91 Å². The summed E-state index contributed by atoms with van der Waals surface area (Å²) >= 11 is 0. The summed E-state index contributed by atoms with van der Waals surface area (Å²) in [4.78, 5) is 25.7. The summed E-state index contributed by atoms with van der Waals surface area (Å²) < 4.78 is 0. The zero-order chi connectivity index (χ0) is 18.0. The van der Waals surface area contributed by atoms with Gasteiger partial charge >= 0.3 is 7.12 Å². The maximum absolute atomic E-state index is 11.9. The summed E-state index contributed by atoms with van der Waals surface area (Å²) in [7, 11) is -1.66. The van der Waals surface area contributed by atoms with Crippen molar-refractivity contribution in [3.63, 3.8) is 0 Å². The first-order valence-corrected chi connectivity index (χ1v) is 7.26. The average Bonchev–Trinajstić information content (AvgIpc) is 2.41. The molecule has 8 N–H and O–H groups in total. The van der Waals surface area contributed by atoms with Gasteiger partial charge in [0, 0.05) is 6.54 Å². The molecule has 0 aromatic heterocycles. The van der Waals surface area contributed by atoms with E-state index in [0.717, 1.165) is 0 Å². The van der Waals surface area contributed by atoms with Crippen molar-refractivity contribution in [1.29, 1.82) is 0 Å². The fraction of sp³-hybridized carbons (Fsp3) is 0.818. The third kappa shape index (κ3) is 11.9. The molecule has 0 saturated carbocycles. The SMILES string of the molecule is CC(C)C[C@H](NC(=O)[C@@H](N)CCCN=C(N)N[N+](=O)[O-])B(O)O.Cl. The fourth-order valence-electron chi connectivity index (χ4n) is 1.82. The number of nitrogens with one attached hydrogen (secondary N) is 2. The minimum Gasteiger partial charge on any atom is -0.426 e. The number of nitro groups is 1. The molecule has 0 rings (SSSR count). The lowest BCUT2D eigenvalue weighted by Crippen LogP contribution is -2.52. The van der Waals surface area contributed by atoms with Gasteiger partial charge in [-0.25, -0.2) is 15.1 Å². The maximum Gasteiger partial charge on any atom is 0.475 e. The summed E-state index contributed by atoms with van der Waals surface area (Å²) in [5.41, 5.74) is 12.6. The number of rotatable bonds is 10. The molecule has 0 fully saturated rings.